The van der Waals surface area contributed by atoms with Crippen LogP contribution in [0.5, 0.6) is 0 Å². The molecule has 0 saturated heterocycles. The van der Waals surface area contributed by atoms with E-state index in [2.05, 4.69) is 12.0 Å². The molecule has 0 unspecified atom stereocenters. The molecule has 0 N–H and O–H groups in total. The van der Waals surface area contributed by atoms with Crippen LogP contribution in [-0.2, 0) is 24.7 Å². The largest absolute Gasteiger partial charge is 0.298 e. The lowest BCUT2D eigenvalue weighted by Crippen LogP contribution is -2.09. The fourth-order valence-corrected chi connectivity index (χ4v) is 1.75. The van der Waals surface area contributed by atoms with Crippen LogP contribution in [0, 0.1) is 0 Å². The van der Waals surface area contributed by atoms with E-state index in [0.29, 0.717) is 12.2 Å². The van der Waals surface area contributed by atoms with Gasteiger partial charge in [0.05, 0.1) is 11.4 Å². The number of rotatable bonds is 5. The van der Waals surface area contributed by atoms with Gasteiger partial charge >= 0.3 is 0 Å². The third-order valence-electron chi connectivity index (χ3n) is 2.07. The molecule has 1 rings (SSSR count). The zero-order valence-corrected chi connectivity index (χ0v) is 9.73. The van der Waals surface area contributed by atoms with E-state index in [1.165, 1.54) is 0 Å². The van der Waals surface area contributed by atoms with Crippen molar-refractivity contribution in [2.75, 3.05) is 12.0 Å². The summed E-state index contributed by atoms with van der Waals surface area (Å²) in [5, 5.41) is 4.30. The van der Waals surface area contributed by atoms with Gasteiger partial charge < -0.3 is 0 Å². The number of carbonyl (C=O) groups is 1. The highest BCUT2D eigenvalue weighted by Crippen LogP contribution is 2.06. The summed E-state index contributed by atoms with van der Waals surface area (Å²) in [5.41, 5.74) is 2.07. The molecule has 0 aliphatic heterocycles. The molecule has 14 heavy (non-hydrogen) atoms. The van der Waals surface area contributed by atoms with Crippen LogP contribution < -0.4 is 0 Å². The monoisotopic (exact) mass is 212 g/mol. The fraction of sp³-hybridized carbons (Fsp3) is 0.600. The van der Waals surface area contributed by atoms with Gasteiger partial charge in [0.2, 0.25) is 0 Å². The third-order valence-corrected chi connectivity index (χ3v) is 2.68. The Morgan fingerprint density at radius 1 is 1.64 bits per heavy atom. The Morgan fingerprint density at radius 2 is 2.36 bits per heavy atom. The first kappa shape index (κ1) is 11.3. The molecule has 78 valence electrons. The van der Waals surface area contributed by atoms with Crippen molar-refractivity contribution in [1.29, 1.82) is 0 Å². The van der Waals surface area contributed by atoms with Crippen molar-refractivity contribution in [2.24, 2.45) is 7.05 Å². The molecule has 0 aromatic carbocycles. The number of hydrogen-bond acceptors (Lipinski definition) is 3. The first-order valence-corrected chi connectivity index (χ1v) is 6.09. The number of nitrogens with zero attached hydrogens (tertiary/aromatic N) is 2. The van der Waals surface area contributed by atoms with Crippen molar-refractivity contribution in [3.63, 3.8) is 0 Å². The van der Waals surface area contributed by atoms with Gasteiger partial charge in [-0.25, -0.2) is 0 Å². The molecule has 0 radical (unpaired) electrons. The Labute approximate surface area is 88.9 Å². The van der Waals surface area contributed by atoms with Crippen LogP contribution in [0.3, 0.4) is 0 Å². The fourth-order valence-electron chi connectivity index (χ4n) is 1.32. The van der Waals surface area contributed by atoms with Crippen molar-refractivity contribution in [2.45, 2.75) is 19.8 Å². The van der Waals surface area contributed by atoms with Gasteiger partial charge in [-0.05, 0) is 18.7 Å². The Bertz CT molecular complexity index is 320. The molecule has 0 spiro atoms. The Kier molecular flexibility index (Phi) is 4.20. The molecule has 4 heteroatoms. The smallest absolute Gasteiger partial charge is 0.148 e. The van der Waals surface area contributed by atoms with Crippen LogP contribution in [0.1, 0.15) is 18.3 Å². The van der Waals surface area contributed by atoms with Crippen LogP contribution in [0.15, 0.2) is 6.07 Å². The molecule has 0 atom stereocenters. The molecule has 1 heterocycles. The molecular formula is C10H16N2OS. The second kappa shape index (κ2) is 5.20. The average Bonchev–Trinajstić information content (AvgIpc) is 2.48. The summed E-state index contributed by atoms with van der Waals surface area (Å²) in [6.45, 7) is 2.07. The predicted octanol–water partition coefficient (Wildman–Crippen LogP) is 1.46. The predicted molar refractivity (Wildman–Crippen MR) is 59.7 cm³/mol. The molecule has 3 nitrogen and oxygen atoms in total. The first-order chi connectivity index (χ1) is 6.67. The zero-order valence-electron chi connectivity index (χ0n) is 8.91. The number of hydrogen-bond donors (Lipinski definition) is 0. The Morgan fingerprint density at radius 3 is 2.86 bits per heavy atom. The van der Waals surface area contributed by atoms with E-state index in [-0.39, 0.29) is 5.78 Å². The second-order valence-electron chi connectivity index (χ2n) is 3.25. The van der Waals surface area contributed by atoms with Gasteiger partial charge in [0.15, 0.2) is 0 Å². The number of Topliss-reactive ketones (excluding diaryl/α,β-unsaturated/α-hetero) is 1. The van der Waals surface area contributed by atoms with E-state index in [4.69, 9.17) is 0 Å². The summed E-state index contributed by atoms with van der Waals surface area (Å²) in [4.78, 5) is 11.4. The maximum absolute atomic E-state index is 11.4. The van der Waals surface area contributed by atoms with Crippen molar-refractivity contribution in [3.05, 3.63) is 17.5 Å². The van der Waals surface area contributed by atoms with E-state index in [0.717, 1.165) is 17.8 Å². The zero-order chi connectivity index (χ0) is 10.6. The summed E-state index contributed by atoms with van der Waals surface area (Å²) in [6.07, 6.45) is 3.37. The summed E-state index contributed by atoms with van der Waals surface area (Å²) < 4.78 is 1.80. The van der Waals surface area contributed by atoms with Crippen LogP contribution in [0.2, 0.25) is 0 Å². The topological polar surface area (TPSA) is 34.9 Å². The van der Waals surface area contributed by atoms with E-state index in [9.17, 15) is 4.79 Å². The number of carbonyl (C=O) groups excluding carboxylic acids is 1. The molecule has 0 aliphatic carbocycles. The van der Waals surface area contributed by atoms with E-state index in [1.54, 1.807) is 16.4 Å². The van der Waals surface area contributed by atoms with Gasteiger partial charge in [-0.15, -0.1) is 0 Å². The number of ketones is 1. The maximum Gasteiger partial charge on any atom is 0.148 e. The SMILES string of the molecule is CCc1cc(CC(=O)CSC)n(C)n1. The van der Waals surface area contributed by atoms with E-state index < -0.39 is 0 Å². The maximum atomic E-state index is 11.4. The lowest BCUT2D eigenvalue weighted by molar-refractivity contribution is -0.116. The quantitative estimate of drug-likeness (QED) is 0.741. The van der Waals surface area contributed by atoms with Gasteiger partial charge in [-0.3, -0.25) is 9.48 Å². The minimum atomic E-state index is 0.267. The molecule has 0 aliphatic rings. The average molecular weight is 212 g/mol. The van der Waals surface area contributed by atoms with Crippen LogP contribution >= 0.6 is 11.8 Å². The van der Waals surface area contributed by atoms with Crippen molar-refractivity contribution in [1.82, 2.24) is 9.78 Å². The van der Waals surface area contributed by atoms with Gasteiger partial charge in [-0.2, -0.15) is 16.9 Å². The normalized spacial score (nSPS) is 10.5. The van der Waals surface area contributed by atoms with Crippen LogP contribution in [0.25, 0.3) is 0 Å². The summed E-state index contributed by atoms with van der Waals surface area (Å²) >= 11 is 1.57. The van der Waals surface area contributed by atoms with Crippen LogP contribution in [-0.4, -0.2) is 27.6 Å². The summed E-state index contributed by atoms with van der Waals surface area (Å²) in [6, 6.07) is 2.01. The summed E-state index contributed by atoms with van der Waals surface area (Å²) in [7, 11) is 1.89. The number of aryl methyl sites for hydroxylation is 2. The molecule has 0 amide bonds. The molecule has 1 aromatic rings. The number of aromatic nitrogens is 2. The lowest BCUT2D eigenvalue weighted by Gasteiger charge is -1.99. The van der Waals surface area contributed by atoms with E-state index >= 15 is 0 Å². The summed E-state index contributed by atoms with van der Waals surface area (Å²) in [5.74, 6) is 0.857. The minimum Gasteiger partial charge on any atom is -0.298 e. The molecule has 0 fully saturated rings. The molecule has 0 saturated carbocycles. The third kappa shape index (κ3) is 2.87. The van der Waals surface area contributed by atoms with Crippen molar-refractivity contribution < 1.29 is 4.79 Å². The Balaban J connectivity index is 2.66. The van der Waals surface area contributed by atoms with Gasteiger partial charge in [0.25, 0.3) is 0 Å². The van der Waals surface area contributed by atoms with E-state index in [1.807, 2.05) is 19.4 Å². The first-order valence-electron chi connectivity index (χ1n) is 4.69. The minimum absolute atomic E-state index is 0.267. The Hall–Kier alpha value is -0.770. The van der Waals surface area contributed by atoms with Gasteiger partial charge in [0.1, 0.15) is 5.78 Å². The lowest BCUT2D eigenvalue weighted by atomic mass is 10.2. The van der Waals surface area contributed by atoms with Crippen molar-refractivity contribution in [3.8, 4) is 0 Å². The highest BCUT2D eigenvalue weighted by atomic mass is 32.2. The van der Waals surface area contributed by atoms with Gasteiger partial charge in [-0.1, -0.05) is 6.92 Å². The standard InChI is InChI=1S/C10H16N2OS/c1-4-8-5-9(12(2)11-8)6-10(13)7-14-3/h5H,4,6-7H2,1-3H3. The van der Waals surface area contributed by atoms with Gasteiger partial charge in [0, 0.05) is 19.2 Å². The van der Waals surface area contributed by atoms with Crippen LogP contribution in [0.4, 0.5) is 0 Å². The molecule has 1 aromatic heterocycles. The second-order valence-corrected chi connectivity index (χ2v) is 4.12. The van der Waals surface area contributed by atoms with Crippen molar-refractivity contribution >= 4 is 17.5 Å². The highest BCUT2D eigenvalue weighted by Gasteiger charge is 2.08. The highest BCUT2D eigenvalue weighted by molar-refractivity contribution is 7.99. The molecule has 0 bridgehead atoms. The number of thioether (sulfide) groups is 1. The molecular weight excluding hydrogens is 196 g/mol.